The van der Waals surface area contributed by atoms with E-state index < -0.39 is 0 Å². The van der Waals surface area contributed by atoms with E-state index in [1.807, 2.05) is 44.2 Å². The van der Waals surface area contributed by atoms with Crippen molar-refractivity contribution >= 4 is 29.4 Å². The summed E-state index contributed by atoms with van der Waals surface area (Å²) < 4.78 is 2.08. The number of hydrogen-bond acceptors (Lipinski definition) is 3. The van der Waals surface area contributed by atoms with Gasteiger partial charge in [-0.3, -0.25) is 4.79 Å². The SMILES string of the molecule is Cc1ccc(C)n1-c1ccc(Cl)c(C(=O)NN=Cc2ccc(N3CCCCC3)cc2)c1. The molecule has 1 saturated heterocycles. The largest absolute Gasteiger partial charge is 0.372 e. The summed E-state index contributed by atoms with van der Waals surface area (Å²) in [4.78, 5) is 15.1. The molecular formula is C25H27ClN4O. The third-order valence-corrected chi connectivity index (χ3v) is 6.05. The van der Waals surface area contributed by atoms with Crippen LogP contribution in [0.4, 0.5) is 5.69 Å². The molecule has 1 amide bonds. The quantitative estimate of drug-likeness (QED) is 0.425. The van der Waals surface area contributed by atoms with E-state index >= 15 is 0 Å². The van der Waals surface area contributed by atoms with Gasteiger partial charge in [-0.05, 0) is 81.1 Å². The average Bonchev–Trinajstić information content (AvgIpc) is 3.13. The predicted octanol–water partition coefficient (Wildman–Crippen LogP) is 5.50. The summed E-state index contributed by atoms with van der Waals surface area (Å²) in [5, 5.41) is 4.52. The monoisotopic (exact) mass is 434 g/mol. The lowest BCUT2D eigenvalue weighted by molar-refractivity contribution is 0.0955. The number of anilines is 1. The van der Waals surface area contributed by atoms with Crippen LogP contribution in [-0.2, 0) is 0 Å². The summed E-state index contributed by atoms with van der Waals surface area (Å²) in [6.45, 7) is 6.29. The molecule has 2 aromatic carbocycles. The molecule has 0 spiro atoms. The molecule has 0 atom stereocenters. The van der Waals surface area contributed by atoms with Gasteiger partial charge in [0.1, 0.15) is 0 Å². The third kappa shape index (κ3) is 4.83. The van der Waals surface area contributed by atoms with E-state index in [4.69, 9.17) is 11.6 Å². The number of hydrogen-bond donors (Lipinski definition) is 1. The lowest BCUT2D eigenvalue weighted by Crippen LogP contribution is -2.29. The Morgan fingerprint density at radius 3 is 2.26 bits per heavy atom. The van der Waals surface area contributed by atoms with Crippen molar-refractivity contribution in [3.8, 4) is 5.69 Å². The van der Waals surface area contributed by atoms with Gasteiger partial charge in [0.05, 0.1) is 16.8 Å². The Hall–Kier alpha value is -3.05. The van der Waals surface area contributed by atoms with Gasteiger partial charge in [-0.15, -0.1) is 0 Å². The van der Waals surface area contributed by atoms with E-state index in [0.717, 1.165) is 35.7 Å². The molecule has 1 aliphatic heterocycles. The second kappa shape index (κ2) is 9.40. The Morgan fingerprint density at radius 1 is 0.935 bits per heavy atom. The Labute approximate surface area is 188 Å². The number of hydrazone groups is 1. The number of nitrogens with zero attached hydrogens (tertiary/aromatic N) is 3. The zero-order valence-electron chi connectivity index (χ0n) is 17.9. The zero-order valence-corrected chi connectivity index (χ0v) is 18.7. The number of amides is 1. The van der Waals surface area contributed by atoms with Crippen molar-refractivity contribution in [2.45, 2.75) is 33.1 Å². The van der Waals surface area contributed by atoms with Crippen LogP contribution < -0.4 is 10.3 Å². The highest BCUT2D eigenvalue weighted by Gasteiger charge is 2.13. The summed E-state index contributed by atoms with van der Waals surface area (Å²) in [5.41, 5.74) is 8.24. The van der Waals surface area contributed by atoms with Crippen molar-refractivity contribution in [3.63, 3.8) is 0 Å². The van der Waals surface area contributed by atoms with E-state index in [2.05, 4.69) is 32.1 Å². The van der Waals surface area contributed by atoms with Gasteiger partial charge in [0.15, 0.2) is 0 Å². The first-order chi connectivity index (χ1) is 15.0. The maximum atomic E-state index is 12.7. The number of carbonyl (C=O) groups excluding carboxylic acids is 1. The molecule has 0 saturated carbocycles. The van der Waals surface area contributed by atoms with Crippen molar-refractivity contribution in [3.05, 3.63) is 82.1 Å². The van der Waals surface area contributed by atoms with E-state index in [-0.39, 0.29) is 5.91 Å². The number of aryl methyl sites for hydroxylation is 2. The molecule has 31 heavy (non-hydrogen) atoms. The molecule has 160 valence electrons. The highest BCUT2D eigenvalue weighted by Crippen LogP contribution is 2.23. The van der Waals surface area contributed by atoms with Crippen LogP contribution in [0.2, 0.25) is 5.02 Å². The molecule has 1 N–H and O–H groups in total. The number of rotatable bonds is 5. The first kappa shape index (κ1) is 21.2. The van der Waals surface area contributed by atoms with Gasteiger partial charge in [0.2, 0.25) is 0 Å². The molecule has 1 fully saturated rings. The van der Waals surface area contributed by atoms with Crippen LogP contribution in [0, 0.1) is 13.8 Å². The first-order valence-corrected chi connectivity index (χ1v) is 11.0. The minimum Gasteiger partial charge on any atom is -0.372 e. The van der Waals surface area contributed by atoms with E-state index in [1.54, 1.807) is 18.3 Å². The molecule has 0 unspecified atom stereocenters. The van der Waals surface area contributed by atoms with Crippen molar-refractivity contribution < 1.29 is 4.79 Å². The zero-order chi connectivity index (χ0) is 21.8. The van der Waals surface area contributed by atoms with Crippen LogP contribution in [0.3, 0.4) is 0 Å². The van der Waals surface area contributed by atoms with E-state index in [9.17, 15) is 4.79 Å². The van der Waals surface area contributed by atoms with Crippen molar-refractivity contribution in [2.75, 3.05) is 18.0 Å². The lowest BCUT2D eigenvalue weighted by Gasteiger charge is -2.28. The lowest BCUT2D eigenvalue weighted by atomic mass is 10.1. The minimum absolute atomic E-state index is 0.338. The topological polar surface area (TPSA) is 49.6 Å². The predicted molar refractivity (Wildman–Crippen MR) is 128 cm³/mol. The fourth-order valence-electron chi connectivity index (χ4n) is 4.05. The molecule has 0 bridgehead atoms. The van der Waals surface area contributed by atoms with Crippen molar-refractivity contribution in [1.82, 2.24) is 9.99 Å². The second-order valence-corrected chi connectivity index (χ2v) is 8.36. The highest BCUT2D eigenvalue weighted by atomic mass is 35.5. The second-order valence-electron chi connectivity index (χ2n) is 7.95. The number of halogens is 1. The Balaban J connectivity index is 1.44. The summed E-state index contributed by atoms with van der Waals surface area (Å²) in [6, 6.07) is 17.8. The van der Waals surface area contributed by atoms with E-state index in [0.29, 0.717) is 10.6 Å². The van der Waals surface area contributed by atoms with Gasteiger partial charge in [0, 0.05) is 35.9 Å². The fourth-order valence-corrected chi connectivity index (χ4v) is 4.25. The number of carbonyl (C=O) groups is 1. The van der Waals surface area contributed by atoms with Crippen LogP contribution in [0.5, 0.6) is 0 Å². The van der Waals surface area contributed by atoms with Gasteiger partial charge in [-0.2, -0.15) is 5.10 Å². The van der Waals surface area contributed by atoms with Gasteiger partial charge in [-0.25, -0.2) is 5.43 Å². The molecule has 1 aliphatic rings. The average molecular weight is 435 g/mol. The van der Waals surface area contributed by atoms with Crippen LogP contribution in [-0.4, -0.2) is 29.8 Å². The number of nitrogens with one attached hydrogen (secondary N) is 1. The number of aromatic nitrogens is 1. The maximum absolute atomic E-state index is 12.7. The Kier molecular flexibility index (Phi) is 6.42. The Bertz CT molecular complexity index is 1080. The summed E-state index contributed by atoms with van der Waals surface area (Å²) in [5.74, 6) is -0.338. The summed E-state index contributed by atoms with van der Waals surface area (Å²) in [6.07, 6.45) is 5.47. The molecule has 1 aromatic heterocycles. The molecule has 0 radical (unpaired) electrons. The molecule has 6 heteroatoms. The van der Waals surface area contributed by atoms with Crippen LogP contribution in [0.1, 0.15) is 46.6 Å². The number of benzene rings is 2. The highest BCUT2D eigenvalue weighted by molar-refractivity contribution is 6.33. The molecule has 3 aromatic rings. The third-order valence-electron chi connectivity index (χ3n) is 5.72. The standard InChI is InChI=1S/C25H27ClN4O/c1-18-6-7-19(2)30(18)22-12-13-24(26)23(16-22)25(31)28-27-17-20-8-10-21(11-9-20)29-14-4-3-5-15-29/h6-13,16-17H,3-5,14-15H2,1-2H3,(H,28,31). The summed E-state index contributed by atoms with van der Waals surface area (Å²) >= 11 is 6.29. The summed E-state index contributed by atoms with van der Waals surface area (Å²) in [7, 11) is 0. The smallest absolute Gasteiger partial charge is 0.272 e. The minimum atomic E-state index is -0.338. The Morgan fingerprint density at radius 2 is 1.58 bits per heavy atom. The van der Waals surface area contributed by atoms with Gasteiger partial charge >= 0.3 is 0 Å². The maximum Gasteiger partial charge on any atom is 0.272 e. The number of piperidine rings is 1. The van der Waals surface area contributed by atoms with Gasteiger partial charge in [-0.1, -0.05) is 23.7 Å². The fraction of sp³-hybridized carbons (Fsp3) is 0.280. The molecule has 5 nitrogen and oxygen atoms in total. The van der Waals surface area contributed by atoms with Gasteiger partial charge < -0.3 is 9.47 Å². The van der Waals surface area contributed by atoms with E-state index in [1.165, 1.54) is 24.9 Å². The van der Waals surface area contributed by atoms with Crippen LogP contribution >= 0.6 is 11.6 Å². The molecule has 0 aliphatic carbocycles. The molecule has 4 rings (SSSR count). The van der Waals surface area contributed by atoms with Crippen LogP contribution in [0.25, 0.3) is 5.69 Å². The molecule has 2 heterocycles. The van der Waals surface area contributed by atoms with Crippen molar-refractivity contribution in [1.29, 1.82) is 0 Å². The van der Waals surface area contributed by atoms with Crippen molar-refractivity contribution in [2.24, 2.45) is 5.10 Å². The normalized spacial score (nSPS) is 14.2. The van der Waals surface area contributed by atoms with Gasteiger partial charge in [0.25, 0.3) is 5.91 Å². The first-order valence-electron chi connectivity index (χ1n) is 10.7. The molecular weight excluding hydrogens is 408 g/mol. The van der Waals surface area contributed by atoms with Crippen LogP contribution in [0.15, 0.2) is 59.7 Å².